The van der Waals surface area contributed by atoms with Gasteiger partial charge in [0.15, 0.2) is 0 Å². The lowest BCUT2D eigenvalue weighted by molar-refractivity contribution is 0.215. The first-order valence-electron chi connectivity index (χ1n) is 5.72. The van der Waals surface area contributed by atoms with Crippen LogP contribution >= 0.6 is 0 Å². The van der Waals surface area contributed by atoms with Gasteiger partial charge in [0.25, 0.3) is 0 Å². The molecule has 1 amide bonds. The lowest BCUT2D eigenvalue weighted by Crippen LogP contribution is -2.18. The standard InChI is InChI=1S/C13H11FN2O4S/c14-11-7-6-10(21(15,18)19)8-12(11)16-13(17)20-9-4-2-1-3-5-9/h1-8H,(H,16,17)(H2,15,18,19). The van der Waals surface area contributed by atoms with Crippen LogP contribution in [-0.4, -0.2) is 14.5 Å². The van der Waals surface area contributed by atoms with Gasteiger partial charge in [0.05, 0.1) is 10.6 Å². The number of nitrogens with two attached hydrogens (primary N) is 1. The second-order valence-corrected chi connectivity index (χ2v) is 5.58. The minimum atomic E-state index is -4.00. The molecule has 0 heterocycles. The number of sulfonamides is 1. The highest BCUT2D eigenvalue weighted by atomic mass is 32.2. The normalized spacial score (nSPS) is 11.0. The van der Waals surface area contributed by atoms with E-state index < -0.39 is 21.9 Å². The molecule has 0 unspecified atom stereocenters. The number of hydrogen-bond donors (Lipinski definition) is 2. The van der Waals surface area contributed by atoms with Crippen LogP contribution in [0.25, 0.3) is 0 Å². The molecule has 0 saturated carbocycles. The number of hydrogen-bond acceptors (Lipinski definition) is 4. The number of amides is 1. The molecule has 21 heavy (non-hydrogen) atoms. The van der Waals surface area contributed by atoms with Crippen LogP contribution in [0.4, 0.5) is 14.9 Å². The number of carbonyl (C=O) groups excluding carboxylic acids is 1. The Morgan fingerprint density at radius 2 is 1.81 bits per heavy atom. The van der Waals surface area contributed by atoms with Gasteiger partial charge in [-0.1, -0.05) is 18.2 Å². The van der Waals surface area contributed by atoms with E-state index in [1.165, 1.54) is 12.1 Å². The zero-order chi connectivity index (χ0) is 15.5. The van der Waals surface area contributed by atoms with Crippen molar-refractivity contribution in [1.82, 2.24) is 0 Å². The van der Waals surface area contributed by atoms with Crippen molar-refractivity contribution in [2.24, 2.45) is 5.14 Å². The highest BCUT2D eigenvalue weighted by molar-refractivity contribution is 7.89. The Balaban J connectivity index is 2.17. The lowest BCUT2D eigenvalue weighted by Gasteiger charge is -2.08. The van der Waals surface area contributed by atoms with Crippen molar-refractivity contribution in [2.75, 3.05) is 5.32 Å². The second kappa shape index (κ2) is 5.90. The van der Waals surface area contributed by atoms with Gasteiger partial charge in [0.2, 0.25) is 10.0 Å². The van der Waals surface area contributed by atoms with Gasteiger partial charge in [-0.3, -0.25) is 5.32 Å². The molecule has 0 aliphatic heterocycles. The van der Waals surface area contributed by atoms with Gasteiger partial charge in [0, 0.05) is 0 Å². The summed E-state index contributed by atoms with van der Waals surface area (Å²) in [5.41, 5.74) is -0.345. The summed E-state index contributed by atoms with van der Waals surface area (Å²) < 4.78 is 40.8. The molecule has 3 N–H and O–H groups in total. The number of carbonyl (C=O) groups is 1. The molecule has 0 fully saturated rings. The van der Waals surface area contributed by atoms with E-state index in [-0.39, 0.29) is 16.3 Å². The number of ether oxygens (including phenoxy) is 1. The Hall–Kier alpha value is -2.45. The summed E-state index contributed by atoms with van der Waals surface area (Å²) in [6.45, 7) is 0. The van der Waals surface area contributed by atoms with Crippen LogP contribution in [0.2, 0.25) is 0 Å². The van der Waals surface area contributed by atoms with Crippen molar-refractivity contribution >= 4 is 21.8 Å². The largest absolute Gasteiger partial charge is 0.417 e. The summed E-state index contributed by atoms with van der Waals surface area (Å²) in [6, 6.07) is 10.9. The number of anilines is 1. The summed E-state index contributed by atoms with van der Waals surface area (Å²) in [5.74, 6) is -0.551. The van der Waals surface area contributed by atoms with Crippen molar-refractivity contribution in [3.63, 3.8) is 0 Å². The SMILES string of the molecule is NS(=O)(=O)c1ccc(F)c(NC(=O)Oc2ccccc2)c1. The molecule has 0 bridgehead atoms. The number of benzene rings is 2. The van der Waals surface area contributed by atoms with Crippen LogP contribution in [0.15, 0.2) is 53.4 Å². The average Bonchev–Trinajstić information content (AvgIpc) is 2.41. The number of primary sulfonamides is 1. The number of nitrogens with one attached hydrogen (secondary N) is 1. The first kappa shape index (κ1) is 14.9. The minimum Gasteiger partial charge on any atom is -0.410 e. The van der Waals surface area contributed by atoms with Gasteiger partial charge in [-0.25, -0.2) is 22.7 Å². The van der Waals surface area contributed by atoms with E-state index in [1.54, 1.807) is 18.2 Å². The molecule has 0 radical (unpaired) electrons. The quantitative estimate of drug-likeness (QED) is 0.906. The molecule has 2 aromatic carbocycles. The molecule has 8 heteroatoms. The maximum absolute atomic E-state index is 13.6. The number of halogens is 1. The summed E-state index contributed by atoms with van der Waals surface area (Å²) in [5, 5.41) is 7.05. The Bertz CT molecular complexity index is 763. The van der Waals surface area contributed by atoms with Crippen LogP contribution in [-0.2, 0) is 10.0 Å². The summed E-state index contributed by atoms with van der Waals surface area (Å²) in [4.78, 5) is 11.3. The fourth-order valence-corrected chi connectivity index (χ4v) is 2.05. The molecule has 0 atom stereocenters. The molecule has 110 valence electrons. The van der Waals surface area contributed by atoms with E-state index in [9.17, 15) is 17.6 Å². The minimum absolute atomic E-state index is 0.262. The Labute approximate surface area is 120 Å². The predicted molar refractivity (Wildman–Crippen MR) is 73.9 cm³/mol. The average molecular weight is 310 g/mol. The van der Waals surface area contributed by atoms with E-state index in [1.807, 2.05) is 0 Å². The summed E-state index contributed by atoms with van der Waals surface area (Å²) in [7, 11) is -4.00. The first-order valence-corrected chi connectivity index (χ1v) is 7.27. The first-order chi connectivity index (χ1) is 9.86. The fourth-order valence-electron chi connectivity index (χ4n) is 1.51. The second-order valence-electron chi connectivity index (χ2n) is 4.01. The van der Waals surface area contributed by atoms with Crippen molar-refractivity contribution in [3.05, 3.63) is 54.3 Å². The van der Waals surface area contributed by atoms with Gasteiger partial charge >= 0.3 is 6.09 Å². The molecule has 0 aromatic heterocycles. The smallest absolute Gasteiger partial charge is 0.410 e. The van der Waals surface area contributed by atoms with Crippen molar-refractivity contribution < 1.29 is 22.3 Å². The van der Waals surface area contributed by atoms with E-state index in [4.69, 9.17) is 9.88 Å². The van der Waals surface area contributed by atoms with Gasteiger partial charge in [-0.05, 0) is 30.3 Å². The van der Waals surface area contributed by atoms with E-state index in [2.05, 4.69) is 5.32 Å². The molecule has 6 nitrogen and oxygen atoms in total. The summed E-state index contributed by atoms with van der Waals surface area (Å²) >= 11 is 0. The van der Waals surface area contributed by atoms with Crippen molar-refractivity contribution in [2.45, 2.75) is 4.90 Å². The third-order valence-corrected chi connectivity index (χ3v) is 3.37. The Kier molecular flexibility index (Phi) is 4.20. The zero-order valence-corrected chi connectivity index (χ0v) is 11.4. The van der Waals surface area contributed by atoms with E-state index in [0.29, 0.717) is 0 Å². The van der Waals surface area contributed by atoms with Gasteiger partial charge in [-0.2, -0.15) is 0 Å². The van der Waals surface area contributed by atoms with Crippen molar-refractivity contribution in [1.29, 1.82) is 0 Å². The maximum atomic E-state index is 13.6. The highest BCUT2D eigenvalue weighted by Crippen LogP contribution is 2.19. The predicted octanol–water partition coefficient (Wildman–Crippen LogP) is 2.08. The van der Waals surface area contributed by atoms with Gasteiger partial charge in [0.1, 0.15) is 11.6 Å². The zero-order valence-electron chi connectivity index (χ0n) is 10.6. The molecule has 0 aliphatic carbocycles. The van der Waals surface area contributed by atoms with Crippen molar-refractivity contribution in [3.8, 4) is 5.75 Å². The van der Waals surface area contributed by atoms with E-state index >= 15 is 0 Å². The third kappa shape index (κ3) is 4.01. The number of para-hydroxylation sites is 1. The molecular formula is C13H11FN2O4S. The summed E-state index contributed by atoms with van der Waals surface area (Å²) in [6.07, 6.45) is -0.952. The van der Waals surface area contributed by atoms with Crippen LogP contribution in [0.3, 0.4) is 0 Å². The monoisotopic (exact) mass is 310 g/mol. The van der Waals surface area contributed by atoms with Crippen LogP contribution in [0.1, 0.15) is 0 Å². The molecular weight excluding hydrogens is 299 g/mol. The lowest BCUT2D eigenvalue weighted by atomic mass is 10.3. The van der Waals surface area contributed by atoms with E-state index in [0.717, 1.165) is 18.2 Å². The third-order valence-electron chi connectivity index (χ3n) is 2.46. The highest BCUT2D eigenvalue weighted by Gasteiger charge is 2.14. The van der Waals surface area contributed by atoms with Crippen LogP contribution in [0.5, 0.6) is 5.75 Å². The van der Waals surface area contributed by atoms with Crippen LogP contribution < -0.4 is 15.2 Å². The molecule has 2 rings (SSSR count). The molecule has 0 spiro atoms. The molecule has 0 aliphatic rings. The van der Waals surface area contributed by atoms with Crippen LogP contribution in [0, 0.1) is 5.82 Å². The topological polar surface area (TPSA) is 98.5 Å². The molecule has 2 aromatic rings. The fraction of sp³-hybridized carbons (Fsp3) is 0. The van der Waals surface area contributed by atoms with Gasteiger partial charge in [-0.15, -0.1) is 0 Å². The number of rotatable bonds is 3. The molecule has 0 saturated heterocycles. The van der Waals surface area contributed by atoms with Gasteiger partial charge < -0.3 is 4.74 Å². The Morgan fingerprint density at radius 3 is 2.43 bits per heavy atom. The Morgan fingerprint density at radius 1 is 1.14 bits per heavy atom. The maximum Gasteiger partial charge on any atom is 0.417 e.